The lowest BCUT2D eigenvalue weighted by Crippen LogP contribution is -1.99. The quantitative estimate of drug-likeness (QED) is 0.334. The molecule has 0 aromatic heterocycles. The molecule has 3 nitrogen and oxygen atoms in total. The zero-order valence-electron chi connectivity index (χ0n) is 8.62. The number of nitrogen functional groups attached to an aromatic ring is 1. The number of nitrogens with zero attached hydrogens (tertiary/aromatic N) is 1. The molecule has 0 aliphatic rings. The van der Waals surface area contributed by atoms with Crippen LogP contribution >= 0.6 is 0 Å². The maximum atomic E-state index is 8.60. The second kappa shape index (κ2) is 4.65. The number of benzene rings is 1. The van der Waals surface area contributed by atoms with E-state index in [0.717, 1.165) is 29.7 Å². The van der Waals surface area contributed by atoms with E-state index < -0.39 is 0 Å². The first kappa shape index (κ1) is 10.6. The van der Waals surface area contributed by atoms with Gasteiger partial charge >= 0.3 is 0 Å². The number of nitrogens with two attached hydrogens (primary N) is 1. The number of aryl methyl sites for hydroxylation is 1. The number of rotatable bonds is 3. The fourth-order valence-corrected chi connectivity index (χ4v) is 1.37. The predicted octanol–water partition coefficient (Wildman–Crippen LogP) is 2.42. The zero-order chi connectivity index (χ0) is 10.6. The minimum atomic E-state index is 0.583. The Morgan fingerprint density at radius 1 is 1.50 bits per heavy atom. The van der Waals surface area contributed by atoms with E-state index in [-0.39, 0.29) is 0 Å². The van der Waals surface area contributed by atoms with Crippen molar-refractivity contribution < 1.29 is 5.21 Å². The van der Waals surface area contributed by atoms with Gasteiger partial charge in [-0.15, -0.1) is 0 Å². The summed E-state index contributed by atoms with van der Waals surface area (Å²) >= 11 is 0. The van der Waals surface area contributed by atoms with Gasteiger partial charge in [0.15, 0.2) is 0 Å². The molecule has 0 aliphatic carbocycles. The van der Waals surface area contributed by atoms with Crippen molar-refractivity contribution in [2.75, 3.05) is 5.73 Å². The molecular formula is C11H16N2O. The van der Waals surface area contributed by atoms with Crippen molar-refractivity contribution in [3.05, 3.63) is 29.3 Å². The van der Waals surface area contributed by atoms with Gasteiger partial charge in [-0.2, -0.15) is 0 Å². The molecule has 3 N–H and O–H groups in total. The average molecular weight is 192 g/mol. The Morgan fingerprint density at radius 2 is 2.21 bits per heavy atom. The smallest absolute Gasteiger partial charge is 0.0837 e. The number of anilines is 1. The lowest BCUT2D eigenvalue weighted by molar-refractivity contribution is 0.319. The molecule has 1 aromatic rings. The summed E-state index contributed by atoms with van der Waals surface area (Å²) in [7, 11) is 0. The molecule has 1 rings (SSSR count). The Morgan fingerprint density at radius 3 is 2.71 bits per heavy atom. The van der Waals surface area contributed by atoms with Crippen molar-refractivity contribution in [3.8, 4) is 0 Å². The van der Waals surface area contributed by atoms with Crippen molar-refractivity contribution in [1.82, 2.24) is 0 Å². The molecule has 0 heterocycles. The molecule has 0 amide bonds. The molecule has 0 fully saturated rings. The Labute approximate surface area is 84.2 Å². The highest BCUT2D eigenvalue weighted by molar-refractivity contribution is 5.99. The third-order valence-corrected chi connectivity index (χ3v) is 2.23. The monoisotopic (exact) mass is 192 g/mol. The Hall–Kier alpha value is -1.51. The van der Waals surface area contributed by atoms with Crippen molar-refractivity contribution in [3.63, 3.8) is 0 Å². The third kappa shape index (κ3) is 2.25. The van der Waals surface area contributed by atoms with Crippen LogP contribution in [0.1, 0.15) is 31.4 Å². The van der Waals surface area contributed by atoms with Gasteiger partial charge in [0, 0.05) is 11.3 Å². The summed E-state index contributed by atoms with van der Waals surface area (Å²) in [5, 5.41) is 11.7. The van der Waals surface area contributed by atoms with E-state index in [4.69, 9.17) is 10.9 Å². The molecule has 3 heteroatoms. The first-order chi connectivity index (χ1) is 6.69. The molecule has 0 saturated heterocycles. The van der Waals surface area contributed by atoms with Gasteiger partial charge in [0.05, 0.1) is 5.71 Å². The minimum absolute atomic E-state index is 0.583. The second-order valence-electron chi connectivity index (χ2n) is 3.35. The van der Waals surface area contributed by atoms with Crippen LogP contribution in [0.3, 0.4) is 0 Å². The number of hydrogen-bond donors (Lipinski definition) is 2. The van der Waals surface area contributed by atoms with Crippen LogP contribution in [0, 0.1) is 0 Å². The normalized spacial score (nSPS) is 11.7. The largest absolute Gasteiger partial charge is 0.411 e. The summed E-state index contributed by atoms with van der Waals surface area (Å²) in [6.07, 6.45) is 2.07. The molecule has 0 atom stereocenters. The second-order valence-corrected chi connectivity index (χ2v) is 3.35. The molecule has 14 heavy (non-hydrogen) atoms. The standard InChI is InChI=1S/C11H16N2O/c1-3-4-9-5-6-10(7-11(9)12)8(2)13-14/h5-7,14H,3-4,12H2,1-2H3/b13-8+. The highest BCUT2D eigenvalue weighted by Gasteiger charge is 2.02. The van der Waals surface area contributed by atoms with Gasteiger partial charge in [-0.3, -0.25) is 0 Å². The van der Waals surface area contributed by atoms with Crippen molar-refractivity contribution in [2.24, 2.45) is 5.16 Å². The Balaban J connectivity index is 3.00. The highest BCUT2D eigenvalue weighted by Crippen LogP contribution is 2.16. The average Bonchev–Trinajstić information content (AvgIpc) is 2.20. The van der Waals surface area contributed by atoms with Crippen LogP contribution in [0.5, 0.6) is 0 Å². The molecule has 0 unspecified atom stereocenters. The maximum absolute atomic E-state index is 8.60. The summed E-state index contributed by atoms with van der Waals surface area (Å²) in [6.45, 7) is 3.86. The molecule has 1 aromatic carbocycles. The number of oxime groups is 1. The summed E-state index contributed by atoms with van der Waals surface area (Å²) in [5.41, 5.74) is 9.24. The van der Waals surface area contributed by atoms with Gasteiger partial charge in [0.25, 0.3) is 0 Å². The van der Waals surface area contributed by atoms with E-state index in [1.807, 2.05) is 18.2 Å². The summed E-state index contributed by atoms with van der Waals surface area (Å²) < 4.78 is 0. The number of hydrogen-bond acceptors (Lipinski definition) is 3. The highest BCUT2D eigenvalue weighted by atomic mass is 16.4. The lowest BCUT2D eigenvalue weighted by Gasteiger charge is -2.06. The van der Waals surface area contributed by atoms with E-state index in [9.17, 15) is 0 Å². The van der Waals surface area contributed by atoms with Gasteiger partial charge in [-0.25, -0.2) is 0 Å². The summed E-state index contributed by atoms with van der Waals surface area (Å²) in [4.78, 5) is 0. The van der Waals surface area contributed by atoms with Gasteiger partial charge in [0.2, 0.25) is 0 Å². The van der Waals surface area contributed by atoms with E-state index in [1.165, 1.54) is 0 Å². The molecule has 0 aliphatic heterocycles. The van der Waals surface area contributed by atoms with Crippen LogP contribution in [-0.4, -0.2) is 10.9 Å². The summed E-state index contributed by atoms with van der Waals surface area (Å²) in [6, 6.07) is 5.76. The Bertz CT molecular complexity index is 345. The zero-order valence-corrected chi connectivity index (χ0v) is 8.62. The van der Waals surface area contributed by atoms with Crippen LogP contribution < -0.4 is 5.73 Å². The molecule has 0 bridgehead atoms. The van der Waals surface area contributed by atoms with Crippen molar-refractivity contribution >= 4 is 11.4 Å². The topological polar surface area (TPSA) is 58.6 Å². The van der Waals surface area contributed by atoms with Gasteiger partial charge in [0.1, 0.15) is 0 Å². The van der Waals surface area contributed by atoms with Crippen LogP contribution in [0.2, 0.25) is 0 Å². The van der Waals surface area contributed by atoms with Gasteiger partial charge < -0.3 is 10.9 Å². The van der Waals surface area contributed by atoms with Crippen LogP contribution in [0.4, 0.5) is 5.69 Å². The fraction of sp³-hybridized carbons (Fsp3) is 0.364. The summed E-state index contributed by atoms with van der Waals surface area (Å²) in [5.74, 6) is 0. The first-order valence-corrected chi connectivity index (χ1v) is 4.76. The first-order valence-electron chi connectivity index (χ1n) is 4.76. The SMILES string of the molecule is CCCc1ccc(/C(C)=N/O)cc1N. The van der Waals surface area contributed by atoms with Crippen LogP contribution in [-0.2, 0) is 6.42 Å². The van der Waals surface area contributed by atoms with E-state index in [2.05, 4.69) is 12.1 Å². The maximum Gasteiger partial charge on any atom is 0.0837 e. The molecule has 0 spiro atoms. The van der Waals surface area contributed by atoms with E-state index in [1.54, 1.807) is 6.92 Å². The van der Waals surface area contributed by atoms with Crippen molar-refractivity contribution in [2.45, 2.75) is 26.7 Å². The minimum Gasteiger partial charge on any atom is -0.411 e. The lowest BCUT2D eigenvalue weighted by atomic mass is 10.0. The van der Waals surface area contributed by atoms with Crippen molar-refractivity contribution in [1.29, 1.82) is 0 Å². The molecular weight excluding hydrogens is 176 g/mol. The van der Waals surface area contributed by atoms with E-state index >= 15 is 0 Å². The van der Waals surface area contributed by atoms with Crippen LogP contribution in [0.15, 0.2) is 23.4 Å². The van der Waals surface area contributed by atoms with Gasteiger partial charge in [-0.05, 0) is 25.0 Å². The van der Waals surface area contributed by atoms with E-state index in [0.29, 0.717) is 5.71 Å². The molecule has 76 valence electrons. The Kier molecular flexibility index (Phi) is 3.51. The predicted molar refractivity (Wildman–Crippen MR) is 58.8 cm³/mol. The molecule has 0 radical (unpaired) electrons. The van der Waals surface area contributed by atoms with Gasteiger partial charge in [-0.1, -0.05) is 30.6 Å². The third-order valence-electron chi connectivity index (χ3n) is 2.23. The van der Waals surface area contributed by atoms with Crippen LogP contribution in [0.25, 0.3) is 0 Å². The fourth-order valence-electron chi connectivity index (χ4n) is 1.37. The molecule has 0 saturated carbocycles.